The smallest absolute Gasteiger partial charge is 0.306 e. The maximum absolute atomic E-state index is 12.8. The summed E-state index contributed by atoms with van der Waals surface area (Å²) in [4.78, 5) is 38.1. The van der Waals surface area contributed by atoms with E-state index in [0.717, 1.165) is 89.9 Å². The highest BCUT2D eigenvalue weighted by Gasteiger charge is 2.19. The lowest BCUT2D eigenvalue weighted by Gasteiger charge is -2.18. The molecule has 406 valence electrons. The molecule has 0 radical (unpaired) electrons. The van der Waals surface area contributed by atoms with Crippen LogP contribution >= 0.6 is 0 Å². The molecule has 0 bridgehead atoms. The van der Waals surface area contributed by atoms with E-state index in [0.29, 0.717) is 19.3 Å². The maximum atomic E-state index is 12.8. The van der Waals surface area contributed by atoms with Crippen molar-refractivity contribution >= 4 is 17.9 Å². The van der Waals surface area contributed by atoms with Gasteiger partial charge < -0.3 is 14.2 Å². The third kappa shape index (κ3) is 56.0. The van der Waals surface area contributed by atoms with Crippen LogP contribution in [0.4, 0.5) is 0 Å². The lowest BCUT2D eigenvalue weighted by atomic mass is 10.0. The van der Waals surface area contributed by atoms with Crippen LogP contribution in [0.25, 0.3) is 0 Å². The van der Waals surface area contributed by atoms with Gasteiger partial charge in [0.1, 0.15) is 13.2 Å². The first-order valence-corrected chi connectivity index (χ1v) is 30.3. The monoisotopic (exact) mass is 979 g/mol. The van der Waals surface area contributed by atoms with Crippen LogP contribution in [0.2, 0.25) is 0 Å². The molecule has 1 atom stereocenters. The largest absolute Gasteiger partial charge is 0.462 e. The first-order valence-electron chi connectivity index (χ1n) is 30.3. The Labute approximate surface area is 434 Å². The molecule has 1 unspecified atom stereocenters. The predicted molar refractivity (Wildman–Crippen MR) is 302 cm³/mol. The lowest BCUT2D eigenvalue weighted by Crippen LogP contribution is -2.30. The van der Waals surface area contributed by atoms with Crippen LogP contribution in [-0.4, -0.2) is 37.2 Å². The number of hydrogen-bond donors (Lipinski definition) is 0. The molecule has 0 aliphatic rings. The van der Waals surface area contributed by atoms with E-state index in [1.54, 1.807) is 0 Å². The Morgan fingerprint density at radius 2 is 0.557 bits per heavy atom. The number of rotatable bonds is 55. The molecule has 6 heteroatoms. The van der Waals surface area contributed by atoms with Crippen molar-refractivity contribution in [2.24, 2.45) is 0 Å². The number of allylic oxidation sites excluding steroid dienone is 10. The highest BCUT2D eigenvalue weighted by molar-refractivity contribution is 5.71. The number of unbranched alkanes of at least 4 members (excludes halogenated alkanes) is 34. The molecule has 0 aromatic rings. The number of carbonyl (C=O) groups is 3. The zero-order chi connectivity index (χ0) is 50.7. The van der Waals surface area contributed by atoms with Crippen LogP contribution < -0.4 is 0 Å². The average molecular weight is 980 g/mol. The van der Waals surface area contributed by atoms with Crippen molar-refractivity contribution in [3.05, 3.63) is 60.8 Å². The zero-order valence-electron chi connectivity index (χ0n) is 46.5. The summed E-state index contributed by atoms with van der Waals surface area (Å²) in [6.07, 6.45) is 73.8. The maximum Gasteiger partial charge on any atom is 0.306 e. The Balaban J connectivity index is 4.19. The van der Waals surface area contributed by atoms with Gasteiger partial charge in [0.25, 0.3) is 0 Å². The van der Waals surface area contributed by atoms with Gasteiger partial charge in [0.2, 0.25) is 0 Å². The van der Waals surface area contributed by atoms with E-state index in [-0.39, 0.29) is 31.1 Å². The third-order valence-corrected chi connectivity index (χ3v) is 13.3. The second-order valence-electron chi connectivity index (χ2n) is 20.2. The normalized spacial score (nSPS) is 12.4. The van der Waals surface area contributed by atoms with Gasteiger partial charge in [0.15, 0.2) is 6.10 Å². The molecule has 70 heavy (non-hydrogen) atoms. The molecule has 0 heterocycles. The van der Waals surface area contributed by atoms with Crippen LogP contribution in [0.5, 0.6) is 0 Å². The van der Waals surface area contributed by atoms with Gasteiger partial charge in [-0.3, -0.25) is 14.4 Å². The average Bonchev–Trinajstić information content (AvgIpc) is 3.36. The van der Waals surface area contributed by atoms with Crippen LogP contribution in [0, 0.1) is 0 Å². The van der Waals surface area contributed by atoms with E-state index in [2.05, 4.69) is 81.5 Å². The van der Waals surface area contributed by atoms with Crippen LogP contribution in [0.15, 0.2) is 60.8 Å². The Morgan fingerprint density at radius 1 is 0.300 bits per heavy atom. The fourth-order valence-corrected chi connectivity index (χ4v) is 8.72. The van der Waals surface area contributed by atoms with E-state index in [1.165, 1.54) is 180 Å². The summed E-state index contributed by atoms with van der Waals surface area (Å²) in [6.45, 7) is 6.52. The summed E-state index contributed by atoms with van der Waals surface area (Å²) in [5.74, 6) is -0.900. The SMILES string of the molecule is CC/C=C\C/C=C\C/C=C\CCCCCC(=O)OC(COC(=O)CCCCCCCCCCCCCC)COC(=O)CCCCCCCCCCCCCCCCC/C=C\C/C=C\CCCCCCC. The van der Waals surface area contributed by atoms with Crippen LogP contribution in [0.1, 0.15) is 310 Å². The molecular formula is C64H114O6. The quantitative estimate of drug-likeness (QED) is 0.0261. The standard InChI is InChI=1S/C64H114O6/c1-4-7-10-13-16-19-22-25-26-27-28-29-30-31-32-33-34-35-36-37-38-40-42-45-48-51-54-57-63(66)69-60-61(59-68-62(65)56-53-50-47-44-41-24-21-18-15-12-9-6-3)70-64(67)58-55-52-49-46-43-39-23-20-17-14-11-8-5-2/h8,11,17,20,22,25,27-28,39,43,61H,4-7,9-10,12-16,18-19,21,23-24,26,29-38,40-42,44-60H2,1-3H3/b11-8-,20-17-,25-22-,28-27-,43-39-. The molecule has 0 spiro atoms. The van der Waals surface area contributed by atoms with Crippen LogP contribution in [-0.2, 0) is 28.6 Å². The van der Waals surface area contributed by atoms with Gasteiger partial charge in [0.05, 0.1) is 0 Å². The molecular weight excluding hydrogens is 865 g/mol. The van der Waals surface area contributed by atoms with Crippen molar-refractivity contribution in [3.8, 4) is 0 Å². The Hall–Kier alpha value is -2.89. The fourth-order valence-electron chi connectivity index (χ4n) is 8.72. The molecule has 0 aliphatic heterocycles. The predicted octanol–water partition coefficient (Wildman–Crippen LogP) is 20.4. The molecule has 0 N–H and O–H groups in total. The second kappa shape index (κ2) is 58.7. The summed E-state index contributed by atoms with van der Waals surface area (Å²) in [5, 5.41) is 0. The number of hydrogen-bond acceptors (Lipinski definition) is 6. The minimum Gasteiger partial charge on any atom is -0.462 e. The zero-order valence-corrected chi connectivity index (χ0v) is 46.5. The molecule has 6 nitrogen and oxygen atoms in total. The number of esters is 3. The van der Waals surface area contributed by atoms with Gasteiger partial charge in [-0.25, -0.2) is 0 Å². The minimum absolute atomic E-state index is 0.0828. The van der Waals surface area contributed by atoms with Crippen LogP contribution in [0.3, 0.4) is 0 Å². The van der Waals surface area contributed by atoms with Crippen molar-refractivity contribution in [2.75, 3.05) is 13.2 Å². The van der Waals surface area contributed by atoms with Crippen molar-refractivity contribution in [1.29, 1.82) is 0 Å². The first-order chi connectivity index (χ1) is 34.5. The minimum atomic E-state index is -0.786. The Bertz CT molecular complexity index is 1260. The Kier molecular flexibility index (Phi) is 56.3. The van der Waals surface area contributed by atoms with Crippen molar-refractivity contribution < 1.29 is 28.6 Å². The fraction of sp³-hybridized carbons (Fsp3) is 0.797. The van der Waals surface area contributed by atoms with Gasteiger partial charge in [-0.05, 0) is 83.5 Å². The molecule has 0 fully saturated rings. The van der Waals surface area contributed by atoms with Crippen molar-refractivity contribution in [3.63, 3.8) is 0 Å². The first kappa shape index (κ1) is 67.1. The van der Waals surface area contributed by atoms with Gasteiger partial charge in [0, 0.05) is 19.3 Å². The van der Waals surface area contributed by atoms with E-state index < -0.39 is 6.10 Å². The van der Waals surface area contributed by atoms with Crippen molar-refractivity contribution in [2.45, 2.75) is 316 Å². The summed E-state index contributed by atoms with van der Waals surface area (Å²) in [6, 6.07) is 0. The molecule has 0 rings (SSSR count). The highest BCUT2D eigenvalue weighted by Crippen LogP contribution is 2.16. The summed E-state index contributed by atoms with van der Waals surface area (Å²) in [5.41, 5.74) is 0. The third-order valence-electron chi connectivity index (χ3n) is 13.3. The van der Waals surface area contributed by atoms with Gasteiger partial charge >= 0.3 is 17.9 Å². The molecule has 0 aliphatic carbocycles. The van der Waals surface area contributed by atoms with E-state index in [1.807, 2.05) is 0 Å². The van der Waals surface area contributed by atoms with Gasteiger partial charge in [-0.15, -0.1) is 0 Å². The highest BCUT2D eigenvalue weighted by atomic mass is 16.6. The number of carbonyl (C=O) groups excluding carboxylic acids is 3. The van der Waals surface area contributed by atoms with Gasteiger partial charge in [-0.2, -0.15) is 0 Å². The topological polar surface area (TPSA) is 78.9 Å². The van der Waals surface area contributed by atoms with E-state index >= 15 is 0 Å². The van der Waals surface area contributed by atoms with Gasteiger partial charge in [-0.1, -0.05) is 268 Å². The summed E-state index contributed by atoms with van der Waals surface area (Å²) in [7, 11) is 0. The molecule has 0 aromatic heterocycles. The molecule has 0 amide bonds. The Morgan fingerprint density at radius 3 is 0.886 bits per heavy atom. The molecule has 0 aromatic carbocycles. The van der Waals surface area contributed by atoms with E-state index in [9.17, 15) is 14.4 Å². The molecule has 0 saturated carbocycles. The summed E-state index contributed by atoms with van der Waals surface area (Å²) >= 11 is 0. The lowest BCUT2D eigenvalue weighted by molar-refractivity contribution is -0.167. The van der Waals surface area contributed by atoms with E-state index in [4.69, 9.17) is 14.2 Å². The van der Waals surface area contributed by atoms with Crippen molar-refractivity contribution in [1.82, 2.24) is 0 Å². The molecule has 0 saturated heterocycles. The second-order valence-corrected chi connectivity index (χ2v) is 20.2. The number of ether oxygens (including phenoxy) is 3. The summed E-state index contributed by atoms with van der Waals surface area (Å²) < 4.78 is 16.8.